The Morgan fingerprint density at radius 2 is 1.83 bits per heavy atom. The monoisotopic (exact) mass is 430 g/mol. The van der Waals surface area contributed by atoms with Gasteiger partial charge in [-0.05, 0) is 13.8 Å². The van der Waals surface area contributed by atoms with Crippen molar-refractivity contribution < 1.29 is 29.4 Å². The molecule has 1 heterocycles. The molecule has 1 rings (SSSR count). The van der Waals surface area contributed by atoms with Crippen LogP contribution in [-0.4, -0.2) is 79.9 Å². The van der Waals surface area contributed by atoms with Crippen LogP contribution in [0.25, 0.3) is 0 Å². The first kappa shape index (κ1) is 24.4. The fourth-order valence-corrected chi connectivity index (χ4v) is 2.40. The summed E-state index contributed by atoms with van der Waals surface area (Å²) in [6.45, 7) is 2.55. The molecule has 1 aromatic heterocycles. The first-order valence-electron chi connectivity index (χ1n) is 8.72. The summed E-state index contributed by atoms with van der Waals surface area (Å²) in [6.07, 6.45) is 1.59. The number of carboxylic acid groups (broad SMARTS) is 1. The Kier molecular flexibility index (Phi) is 9.58. The highest BCUT2D eigenvalue weighted by Crippen LogP contribution is 2.01. The van der Waals surface area contributed by atoms with E-state index in [9.17, 15) is 24.3 Å². The number of aliphatic carboxylic acids is 1. The number of carbonyl (C=O) groups excluding carboxylic acids is 3. The number of H-pyrrole nitrogens is 1. The van der Waals surface area contributed by atoms with E-state index in [2.05, 4.69) is 38.5 Å². The molecule has 0 radical (unpaired) electrons. The standard InChI is InChI=1S/C16H26N6O6S/c1-7(13(24)22-12(8(2)23)16(27)28)20-15(26)11(3-9-4-18-6-19-9)21-14(25)10(17)5-29/h4,6-8,10-12,23,29H,3,5,17H2,1-2H3,(H,18,19)(H,20,26)(H,21,25)(H,22,24)(H,27,28). The van der Waals surface area contributed by atoms with Crippen molar-refractivity contribution in [1.82, 2.24) is 25.9 Å². The Balaban J connectivity index is 2.82. The lowest BCUT2D eigenvalue weighted by atomic mass is 10.1. The Labute approximate surface area is 172 Å². The van der Waals surface area contributed by atoms with Gasteiger partial charge in [-0.25, -0.2) is 9.78 Å². The fourth-order valence-electron chi connectivity index (χ4n) is 2.23. The molecular weight excluding hydrogens is 404 g/mol. The maximum absolute atomic E-state index is 12.6. The molecule has 0 saturated heterocycles. The molecule has 0 bridgehead atoms. The largest absolute Gasteiger partial charge is 0.480 e. The number of carbonyl (C=O) groups is 4. The average Bonchev–Trinajstić information content (AvgIpc) is 3.16. The molecule has 3 amide bonds. The predicted molar refractivity (Wildman–Crippen MR) is 105 cm³/mol. The smallest absolute Gasteiger partial charge is 0.328 e. The highest BCUT2D eigenvalue weighted by Gasteiger charge is 2.30. The number of aliphatic hydroxyl groups is 1. The van der Waals surface area contributed by atoms with Crippen LogP contribution in [0.1, 0.15) is 19.5 Å². The van der Waals surface area contributed by atoms with E-state index in [1.807, 2.05) is 0 Å². The molecule has 0 saturated carbocycles. The van der Waals surface area contributed by atoms with E-state index in [1.165, 1.54) is 26.4 Å². The number of rotatable bonds is 11. The van der Waals surface area contributed by atoms with Crippen LogP contribution in [-0.2, 0) is 25.6 Å². The van der Waals surface area contributed by atoms with E-state index < -0.39 is 54.0 Å². The molecular formula is C16H26N6O6S. The molecule has 1 aromatic rings. The Bertz CT molecular complexity index is 713. The number of amides is 3. The van der Waals surface area contributed by atoms with Crippen molar-refractivity contribution in [2.45, 2.75) is 50.5 Å². The van der Waals surface area contributed by atoms with E-state index in [-0.39, 0.29) is 12.2 Å². The second kappa shape index (κ2) is 11.4. The number of hydrogen-bond donors (Lipinski definition) is 8. The maximum atomic E-state index is 12.6. The van der Waals surface area contributed by atoms with E-state index in [0.717, 1.165) is 0 Å². The van der Waals surface area contributed by atoms with Crippen molar-refractivity contribution in [2.24, 2.45) is 5.73 Å². The fraction of sp³-hybridized carbons (Fsp3) is 0.562. The van der Waals surface area contributed by atoms with Crippen LogP contribution in [0.5, 0.6) is 0 Å². The van der Waals surface area contributed by atoms with Crippen molar-refractivity contribution in [3.05, 3.63) is 18.2 Å². The van der Waals surface area contributed by atoms with Crippen molar-refractivity contribution in [1.29, 1.82) is 0 Å². The van der Waals surface area contributed by atoms with Gasteiger partial charge < -0.3 is 36.9 Å². The first-order valence-corrected chi connectivity index (χ1v) is 9.35. The number of carboxylic acids is 1. The highest BCUT2D eigenvalue weighted by molar-refractivity contribution is 7.80. The lowest BCUT2D eigenvalue weighted by Gasteiger charge is -2.23. The number of imidazole rings is 1. The average molecular weight is 430 g/mol. The Morgan fingerprint density at radius 1 is 1.17 bits per heavy atom. The van der Waals surface area contributed by atoms with Gasteiger partial charge in [0, 0.05) is 24.1 Å². The lowest BCUT2D eigenvalue weighted by Crippen LogP contribution is -2.58. The molecule has 5 unspecified atom stereocenters. The number of nitrogens with zero attached hydrogens (tertiary/aromatic N) is 1. The first-order chi connectivity index (χ1) is 13.6. The van der Waals surface area contributed by atoms with Crippen LogP contribution in [0.3, 0.4) is 0 Å². The molecule has 13 heteroatoms. The number of nitrogens with one attached hydrogen (secondary N) is 4. The predicted octanol–water partition coefficient (Wildman–Crippen LogP) is -2.85. The van der Waals surface area contributed by atoms with Crippen LogP contribution in [0.4, 0.5) is 0 Å². The van der Waals surface area contributed by atoms with Crippen LogP contribution >= 0.6 is 12.6 Å². The number of thiol groups is 1. The molecule has 0 spiro atoms. The SMILES string of the molecule is CC(NC(=O)C(Cc1cnc[nH]1)NC(=O)C(N)CS)C(=O)NC(C(=O)O)C(C)O. The minimum Gasteiger partial charge on any atom is -0.480 e. The minimum atomic E-state index is -1.53. The molecule has 0 aliphatic rings. The topological polar surface area (TPSA) is 200 Å². The Hall–Kier alpha value is -2.64. The zero-order valence-corrected chi connectivity index (χ0v) is 16.8. The normalized spacial score (nSPS) is 16.0. The molecule has 0 aromatic carbocycles. The third kappa shape index (κ3) is 7.71. The number of aliphatic hydroxyl groups excluding tert-OH is 1. The van der Waals surface area contributed by atoms with Gasteiger partial charge in [-0.15, -0.1) is 0 Å². The van der Waals surface area contributed by atoms with Gasteiger partial charge in [0.25, 0.3) is 0 Å². The molecule has 5 atom stereocenters. The van der Waals surface area contributed by atoms with Gasteiger partial charge in [0.1, 0.15) is 12.1 Å². The van der Waals surface area contributed by atoms with Gasteiger partial charge >= 0.3 is 5.97 Å². The zero-order valence-electron chi connectivity index (χ0n) is 16.0. The van der Waals surface area contributed by atoms with Crippen LogP contribution < -0.4 is 21.7 Å². The Morgan fingerprint density at radius 3 is 2.31 bits per heavy atom. The molecule has 12 nitrogen and oxygen atoms in total. The van der Waals surface area contributed by atoms with E-state index in [1.54, 1.807) is 0 Å². The summed E-state index contributed by atoms with van der Waals surface area (Å²) >= 11 is 3.94. The van der Waals surface area contributed by atoms with Gasteiger partial charge in [0.15, 0.2) is 6.04 Å². The van der Waals surface area contributed by atoms with Crippen LogP contribution in [0, 0.1) is 0 Å². The molecule has 0 aliphatic heterocycles. The van der Waals surface area contributed by atoms with E-state index in [0.29, 0.717) is 5.69 Å². The summed E-state index contributed by atoms with van der Waals surface area (Å²) in [5, 5.41) is 25.5. The summed E-state index contributed by atoms with van der Waals surface area (Å²) in [4.78, 5) is 54.6. The summed E-state index contributed by atoms with van der Waals surface area (Å²) < 4.78 is 0. The molecule has 162 valence electrons. The van der Waals surface area contributed by atoms with Gasteiger partial charge in [-0.1, -0.05) is 0 Å². The van der Waals surface area contributed by atoms with Crippen molar-refractivity contribution in [2.75, 3.05) is 5.75 Å². The number of aromatic nitrogens is 2. The lowest BCUT2D eigenvalue weighted by molar-refractivity contribution is -0.145. The third-order valence-electron chi connectivity index (χ3n) is 3.94. The summed E-state index contributed by atoms with van der Waals surface area (Å²) in [6, 6.07) is -4.67. The summed E-state index contributed by atoms with van der Waals surface area (Å²) in [5.41, 5.74) is 6.17. The highest BCUT2D eigenvalue weighted by atomic mass is 32.1. The summed E-state index contributed by atoms with van der Waals surface area (Å²) in [7, 11) is 0. The second-order valence-electron chi connectivity index (χ2n) is 6.43. The zero-order chi connectivity index (χ0) is 22.1. The molecule has 29 heavy (non-hydrogen) atoms. The maximum Gasteiger partial charge on any atom is 0.328 e. The number of nitrogens with two attached hydrogens (primary N) is 1. The second-order valence-corrected chi connectivity index (χ2v) is 6.79. The van der Waals surface area contributed by atoms with E-state index >= 15 is 0 Å². The van der Waals surface area contributed by atoms with Crippen molar-refractivity contribution in [3.8, 4) is 0 Å². The van der Waals surface area contributed by atoms with Gasteiger partial charge in [0.2, 0.25) is 17.7 Å². The summed E-state index contributed by atoms with van der Waals surface area (Å²) in [5.74, 6) is -3.45. The third-order valence-corrected chi connectivity index (χ3v) is 4.34. The number of aromatic amines is 1. The number of hydrogen-bond acceptors (Lipinski definition) is 8. The molecule has 8 N–H and O–H groups in total. The van der Waals surface area contributed by atoms with Crippen LogP contribution in [0.15, 0.2) is 12.5 Å². The quantitative estimate of drug-likeness (QED) is 0.171. The molecule has 0 fully saturated rings. The van der Waals surface area contributed by atoms with Gasteiger partial charge in [-0.2, -0.15) is 12.6 Å². The van der Waals surface area contributed by atoms with Crippen molar-refractivity contribution >= 4 is 36.3 Å². The van der Waals surface area contributed by atoms with Crippen LogP contribution in [0.2, 0.25) is 0 Å². The molecule has 0 aliphatic carbocycles. The van der Waals surface area contributed by atoms with Crippen molar-refractivity contribution in [3.63, 3.8) is 0 Å². The van der Waals surface area contributed by atoms with E-state index in [4.69, 9.17) is 10.8 Å². The minimum absolute atomic E-state index is 0.0522. The van der Waals surface area contributed by atoms with Gasteiger partial charge in [0.05, 0.1) is 18.5 Å². The van der Waals surface area contributed by atoms with Gasteiger partial charge in [-0.3, -0.25) is 14.4 Å².